The highest BCUT2D eigenvalue weighted by atomic mass is 35.7. The van der Waals surface area contributed by atoms with E-state index in [2.05, 4.69) is 38.1 Å². The highest BCUT2D eigenvalue weighted by Crippen LogP contribution is 2.20. The lowest BCUT2D eigenvalue weighted by Gasteiger charge is -2.14. The van der Waals surface area contributed by atoms with Crippen LogP contribution in [0.3, 0.4) is 0 Å². The summed E-state index contributed by atoms with van der Waals surface area (Å²) in [5.74, 6) is 0. The van der Waals surface area contributed by atoms with Crippen molar-refractivity contribution in [2.45, 2.75) is 58.4 Å². The van der Waals surface area contributed by atoms with Crippen molar-refractivity contribution >= 4 is 34.0 Å². The standard InChI is InChI=1S/C15H24Cl2Si/c1-3-5-6-7-8-9-14-10-12-15(13-11-14)18(16,17)4-2/h10-13H,3-9H2,1-2H3. The average molecular weight is 303 g/mol. The van der Waals surface area contributed by atoms with Crippen LogP contribution in [0.1, 0.15) is 51.5 Å². The van der Waals surface area contributed by atoms with Gasteiger partial charge in [-0.05, 0) is 29.6 Å². The molecule has 0 heterocycles. The molecular weight excluding hydrogens is 279 g/mol. The van der Waals surface area contributed by atoms with Gasteiger partial charge >= 0.3 is 0 Å². The largest absolute Gasteiger partial charge is 0.280 e. The van der Waals surface area contributed by atoms with Crippen molar-refractivity contribution in [2.24, 2.45) is 0 Å². The topological polar surface area (TPSA) is 0 Å². The summed E-state index contributed by atoms with van der Waals surface area (Å²) in [7, 11) is 0. The molecule has 0 amide bonds. The molecule has 0 nitrogen and oxygen atoms in total. The van der Waals surface area contributed by atoms with Crippen LogP contribution >= 0.6 is 22.2 Å². The van der Waals surface area contributed by atoms with Crippen molar-refractivity contribution in [3.63, 3.8) is 0 Å². The van der Waals surface area contributed by atoms with Crippen LogP contribution in [0, 0.1) is 0 Å². The van der Waals surface area contributed by atoms with E-state index < -0.39 is 6.69 Å². The Labute approximate surface area is 122 Å². The highest BCUT2D eigenvalue weighted by molar-refractivity contribution is 7.50. The van der Waals surface area contributed by atoms with Crippen molar-refractivity contribution in [1.29, 1.82) is 0 Å². The molecule has 0 saturated carbocycles. The van der Waals surface area contributed by atoms with Gasteiger partial charge in [-0.1, -0.05) is 63.8 Å². The van der Waals surface area contributed by atoms with E-state index in [0.717, 1.165) is 11.2 Å². The number of halogens is 2. The van der Waals surface area contributed by atoms with Crippen LogP contribution in [0.5, 0.6) is 0 Å². The molecule has 0 spiro atoms. The molecule has 18 heavy (non-hydrogen) atoms. The Balaban J connectivity index is 2.41. The van der Waals surface area contributed by atoms with Crippen LogP contribution in [0.2, 0.25) is 6.04 Å². The first-order chi connectivity index (χ1) is 8.60. The first-order valence-corrected chi connectivity index (χ1v) is 11.3. The van der Waals surface area contributed by atoms with Gasteiger partial charge in [0.2, 0.25) is 0 Å². The third-order valence-electron chi connectivity index (χ3n) is 3.39. The van der Waals surface area contributed by atoms with E-state index in [1.54, 1.807) is 0 Å². The number of hydrogen-bond acceptors (Lipinski definition) is 0. The van der Waals surface area contributed by atoms with Crippen LogP contribution < -0.4 is 5.19 Å². The predicted molar refractivity (Wildman–Crippen MR) is 86.5 cm³/mol. The SMILES string of the molecule is CCCCCCCc1ccc([Si](Cl)(Cl)CC)cc1. The van der Waals surface area contributed by atoms with Gasteiger partial charge in [0.15, 0.2) is 0 Å². The Morgan fingerprint density at radius 3 is 2.06 bits per heavy atom. The molecule has 0 aromatic heterocycles. The van der Waals surface area contributed by atoms with Crippen LogP contribution in [-0.4, -0.2) is 6.69 Å². The molecule has 1 aromatic carbocycles. The Hall–Kier alpha value is 0.0169. The zero-order valence-electron chi connectivity index (χ0n) is 11.5. The summed E-state index contributed by atoms with van der Waals surface area (Å²) in [6, 6.07) is 9.50. The summed E-state index contributed by atoms with van der Waals surface area (Å²) in [4.78, 5) is 0. The van der Waals surface area contributed by atoms with Gasteiger partial charge in [-0.2, -0.15) is 0 Å². The molecule has 3 heteroatoms. The van der Waals surface area contributed by atoms with Crippen LogP contribution in [-0.2, 0) is 6.42 Å². The summed E-state index contributed by atoms with van der Waals surface area (Å²) < 4.78 is 0. The number of hydrogen-bond donors (Lipinski definition) is 0. The van der Waals surface area contributed by atoms with Crippen LogP contribution in [0.4, 0.5) is 0 Å². The van der Waals surface area contributed by atoms with Gasteiger partial charge < -0.3 is 0 Å². The molecule has 0 radical (unpaired) electrons. The normalized spacial score (nSPS) is 11.8. The van der Waals surface area contributed by atoms with Gasteiger partial charge in [0.25, 0.3) is 6.69 Å². The van der Waals surface area contributed by atoms with Crippen molar-refractivity contribution in [1.82, 2.24) is 0 Å². The van der Waals surface area contributed by atoms with E-state index in [1.165, 1.54) is 44.1 Å². The molecule has 1 rings (SSSR count). The smallest absolute Gasteiger partial charge is 0.140 e. The highest BCUT2D eigenvalue weighted by Gasteiger charge is 2.28. The van der Waals surface area contributed by atoms with E-state index in [9.17, 15) is 0 Å². The Kier molecular flexibility index (Phi) is 7.36. The van der Waals surface area contributed by atoms with E-state index in [4.69, 9.17) is 22.2 Å². The number of unbranched alkanes of at least 4 members (excludes halogenated alkanes) is 4. The Morgan fingerprint density at radius 2 is 1.50 bits per heavy atom. The molecule has 0 bridgehead atoms. The zero-order chi connectivity index (χ0) is 13.4. The maximum atomic E-state index is 6.36. The van der Waals surface area contributed by atoms with Gasteiger partial charge in [-0.25, -0.2) is 0 Å². The molecule has 0 atom stereocenters. The minimum Gasteiger partial charge on any atom is -0.140 e. The van der Waals surface area contributed by atoms with E-state index >= 15 is 0 Å². The first-order valence-electron chi connectivity index (χ1n) is 7.07. The van der Waals surface area contributed by atoms with Crippen molar-refractivity contribution in [2.75, 3.05) is 0 Å². The molecule has 0 aliphatic carbocycles. The van der Waals surface area contributed by atoms with Crippen molar-refractivity contribution < 1.29 is 0 Å². The molecule has 0 N–H and O–H groups in total. The number of rotatable bonds is 8. The zero-order valence-corrected chi connectivity index (χ0v) is 14.0. The fourth-order valence-electron chi connectivity index (χ4n) is 2.05. The molecular formula is C15H24Cl2Si. The predicted octanol–water partition coefficient (Wildman–Crippen LogP) is 5.35. The molecule has 102 valence electrons. The summed E-state index contributed by atoms with van der Waals surface area (Å²) in [6.07, 6.45) is 7.84. The maximum absolute atomic E-state index is 6.36. The lowest BCUT2D eigenvalue weighted by atomic mass is 10.1. The van der Waals surface area contributed by atoms with Crippen LogP contribution in [0.15, 0.2) is 24.3 Å². The summed E-state index contributed by atoms with van der Waals surface area (Å²) in [6.45, 7) is 2.13. The summed E-state index contributed by atoms with van der Waals surface area (Å²) in [5.41, 5.74) is 1.41. The van der Waals surface area contributed by atoms with E-state index in [0.29, 0.717) is 0 Å². The second-order valence-electron chi connectivity index (χ2n) is 4.92. The Bertz CT molecular complexity index is 333. The minimum atomic E-state index is -2.18. The number of aryl methyl sites for hydroxylation is 1. The monoisotopic (exact) mass is 302 g/mol. The lowest BCUT2D eigenvalue weighted by Crippen LogP contribution is -2.35. The average Bonchev–Trinajstić information content (AvgIpc) is 2.39. The van der Waals surface area contributed by atoms with Gasteiger partial charge in [0, 0.05) is 0 Å². The molecule has 0 unspecified atom stereocenters. The summed E-state index contributed by atoms with van der Waals surface area (Å²) >= 11 is 12.7. The van der Waals surface area contributed by atoms with Gasteiger partial charge in [0.05, 0.1) is 0 Å². The van der Waals surface area contributed by atoms with Gasteiger partial charge in [-0.3, -0.25) is 0 Å². The maximum Gasteiger partial charge on any atom is 0.280 e. The molecule has 0 aliphatic heterocycles. The quantitative estimate of drug-likeness (QED) is 0.345. The third kappa shape index (κ3) is 5.34. The van der Waals surface area contributed by atoms with Gasteiger partial charge in [0.1, 0.15) is 0 Å². The lowest BCUT2D eigenvalue weighted by molar-refractivity contribution is 0.632. The Morgan fingerprint density at radius 1 is 0.889 bits per heavy atom. The summed E-state index contributed by atoms with van der Waals surface area (Å²) in [5, 5.41) is 1.14. The van der Waals surface area contributed by atoms with E-state index in [1.807, 2.05) is 0 Å². The third-order valence-corrected chi connectivity index (χ3v) is 8.37. The molecule has 1 aromatic rings. The van der Waals surface area contributed by atoms with Crippen molar-refractivity contribution in [3.8, 4) is 0 Å². The fourth-order valence-corrected chi connectivity index (χ4v) is 3.87. The van der Waals surface area contributed by atoms with Crippen molar-refractivity contribution in [3.05, 3.63) is 29.8 Å². The first kappa shape index (κ1) is 16.1. The second kappa shape index (κ2) is 8.24. The van der Waals surface area contributed by atoms with E-state index in [-0.39, 0.29) is 0 Å². The molecule has 0 saturated heterocycles. The second-order valence-corrected chi connectivity index (χ2v) is 12.1. The molecule has 0 fully saturated rings. The molecule has 0 aliphatic rings. The minimum absolute atomic E-state index is 0.868. The number of benzene rings is 1. The fraction of sp³-hybridized carbons (Fsp3) is 0.600. The van der Waals surface area contributed by atoms with Gasteiger partial charge in [-0.15, -0.1) is 22.2 Å². The van der Waals surface area contributed by atoms with Crippen LogP contribution in [0.25, 0.3) is 0 Å².